The van der Waals surface area contributed by atoms with Crippen molar-refractivity contribution in [1.82, 2.24) is 9.38 Å². The van der Waals surface area contributed by atoms with Crippen LogP contribution in [0.1, 0.15) is 46.7 Å². The van der Waals surface area contributed by atoms with Crippen LogP contribution >= 0.6 is 0 Å². The van der Waals surface area contributed by atoms with E-state index in [0.29, 0.717) is 47.9 Å². The quantitative estimate of drug-likeness (QED) is 0.245. The smallest absolute Gasteiger partial charge is 0.278 e. The number of imidazole rings is 1. The van der Waals surface area contributed by atoms with E-state index >= 15 is 0 Å². The van der Waals surface area contributed by atoms with Crippen LogP contribution in [0.25, 0.3) is 16.4 Å². The number of carbonyl (C=O) groups is 2. The molecule has 2 aromatic heterocycles. The van der Waals surface area contributed by atoms with Crippen LogP contribution in [0.4, 0.5) is 11.4 Å². The highest BCUT2D eigenvalue weighted by molar-refractivity contribution is 6.09. The molecule has 0 saturated carbocycles. The molecule has 214 valence electrons. The molecule has 42 heavy (non-hydrogen) atoms. The number of anilines is 2. The second-order valence-corrected chi connectivity index (χ2v) is 11.0. The van der Waals surface area contributed by atoms with Gasteiger partial charge in [-0.25, -0.2) is 4.98 Å². The second kappa shape index (κ2) is 10.8. The number of carbonyl (C=O) groups excluding carboxylic acids is 2. The number of phenols is 1. The van der Waals surface area contributed by atoms with Gasteiger partial charge in [0.05, 0.1) is 11.4 Å². The summed E-state index contributed by atoms with van der Waals surface area (Å²) in [6.07, 6.45) is 4.82. The molecule has 1 aliphatic rings. The lowest BCUT2D eigenvalue weighted by Gasteiger charge is -2.26. The number of nitrogens with one attached hydrogen (secondary N) is 1. The highest BCUT2D eigenvalue weighted by Crippen LogP contribution is 2.40. The van der Waals surface area contributed by atoms with Crippen molar-refractivity contribution in [1.29, 1.82) is 0 Å². The number of benzene rings is 3. The van der Waals surface area contributed by atoms with Crippen molar-refractivity contribution in [2.24, 2.45) is 0 Å². The van der Waals surface area contributed by atoms with E-state index in [4.69, 9.17) is 9.47 Å². The van der Waals surface area contributed by atoms with Gasteiger partial charge in [0, 0.05) is 56.1 Å². The topological polar surface area (TPSA) is 105 Å². The third-order valence-electron chi connectivity index (χ3n) is 7.58. The van der Waals surface area contributed by atoms with Gasteiger partial charge in [0.2, 0.25) is 0 Å². The predicted molar refractivity (Wildman–Crippen MR) is 162 cm³/mol. The van der Waals surface area contributed by atoms with Crippen LogP contribution in [0, 0.1) is 0 Å². The van der Waals surface area contributed by atoms with E-state index in [-0.39, 0.29) is 23.3 Å². The van der Waals surface area contributed by atoms with Crippen LogP contribution < -0.4 is 15.0 Å². The fourth-order valence-corrected chi connectivity index (χ4v) is 5.36. The van der Waals surface area contributed by atoms with E-state index in [1.54, 1.807) is 71.3 Å². The maximum atomic E-state index is 13.5. The second-order valence-electron chi connectivity index (χ2n) is 11.0. The number of nitrogens with zero attached hydrogens (tertiary/aromatic N) is 3. The number of hydrogen-bond donors (Lipinski definition) is 2. The molecule has 6 rings (SSSR count). The lowest BCUT2D eigenvalue weighted by molar-refractivity contribution is 0.0630. The highest BCUT2D eigenvalue weighted by atomic mass is 16.5. The van der Waals surface area contributed by atoms with Crippen LogP contribution in [-0.4, -0.2) is 52.2 Å². The first-order valence-corrected chi connectivity index (χ1v) is 13.9. The summed E-state index contributed by atoms with van der Waals surface area (Å²) in [5, 5.41) is 15.2. The van der Waals surface area contributed by atoms with Crippen LogP contribution in [0.5, 0.6) is 11.5 Å². The van der Waals surface area contributed by atoms with Crippen LogP contribution in [-0.2, 0) is 11.2 Å². The summed E-state index contributed by atoms with van der Waals surface area (Å²) in [4.78, 5) is 32.7. The van der Waals surface area contributed by atoms with E-state index in [9.17, 15) is 14.7 Å². The zero-order valence-electron chi connectivity index (χ0n) is 23.8. The molecule has 9 nitrogen and oxygen atoms in total. The first-order chi connectivity index (χ1) is 20.2. The average Bonchev–Trinajstić information content (AvgIpc) is 3.60. The standard InChI is InChI=1S/C33H32N4O5/c1-33(2,15-17-41-3)42-23-11-8-21(9-12-23)31(39)34-22-10-13-30-35-27(20-36(30)19-22)32(40)37-16-14-25-24-6-4-5-7-26(24)29(38)18-28(25)37/h4-13,18-20,38H,14-17H2,1-3H3,(H,34,39). The van der Waals surface area contributed by atoms with Gasteiger partial charge in [-0.05, 0) is 67.6 Å². The van der Waals surface area contributed by atoms with Gasteiger partial charge in [-0.2, -0.15) is 0 Å². The minimum atomic E-state index is -0.394. The molecule has 0 atom stereocenters. The number of ether oxygens (including phenoxy) is 2. The Balaban J connectivity index is 1.16. The van der Waals surface area contributed by atoms with Crippen molar-refractivity contribution in [3.63, 3.8) is 0 Å². The molecule has 0 spiro atoms. The molecule has 0 aliphatic carbocycles. The summed E-state index contributed by atoms with van der Waals surface area (Å²) < 4.78 is 12.9. The van der Waals surface area contributed by atoms with E-state index in [1.165, 1.54) is 0 Å². The Kier molecular flexibility index (Phi) is 7.04. The van der Waals surface area contributed by atoms with Gasteiger partial charge >= 0.3 is 0 Å². The zero-order chi connectivity index (χ0) is 29.4. The Morgan fingerprint density at radius 2 is 1.79 bits per heavy atom. The first-order valence-electron chi connectivity index (χ1n) is 13.9. The summed E-state index contributed by atoms with van der Waals surface area (Å²) in [5.74, 6) is 0.309. The largest absolute Gasteiger partial charge is 0.507 e. The fraction of sp³-hybridized carbons (Fsp3) is 0.242. The van der Waals surface area contributed by atoms with Gasteiger partial charge in [0.15, 0.2) is 0 Å². The molecular formula is C33H32N4O5. The van der Waals surface area contributed by atoms with E-state index < -0.39 is 5.60 Å². The third kappa shape index (κ3) is 5.26. The SMILES string of the molecule is COCCC(C)(C)Oc1ccc(C(=O)Nc2ccc3nc(C(=O)N4CCc5c4cc(O)c4ccccc54)cn3c2)cc1. The molecule has 9 heteroatoms. The predicted octanol–water partition coefficient (Wildman–Crippen LogP) is 5.84. The Bertz CT molecular complexity index is 1810. The molecule has 0 saturated heterocycles. The van der Waals surface area contributed by atoms with Crippen molar-refractivity contribution in [3.8, 4) is 11.5 Å². The number of amides is 2. The number of methoxy groups -OCH3 is 1. The molecule has 0 fully saturated rings. The number of hydrogen-bond acceptors (Lipinski definition) is 6. The molecule has 2 N–H and O–H groups in total. The van der Waals surface area contributed by atoms with E-state index in [1.807, 2.05) is 38.1 Å². The molecule has 2 amide bonds. The van der Waals surface area contributed by atoms with Crippen LogP contribution in [0.3, 0.4) is 0 Å². The van der Waals surface area contributed by atoms with Crippen molar-refractivity contribution in [2.75, 3.05) is 30.5 Å². The normalized spacial score (nSPS) is 13.0. The van der Waals surface area contributed by atoms with Crippen molar-refractivity contribution >= 4 is 39.6 Å². The number of pyridine rings is 1. The average molecular weight is 565 g/mol. The van der Waals surface area contributed by atoms with Gasteiger partial charge in [0.25, 0.3) is 11.8 Å². The Hall–Kier alpha value is -4.89. The molecule has 1 aliphatic heterocycles. The zero-order valence-corrected chi connectivity index (χ0v) is 23.8. The van der Waals surface area contributed by atoms with Crippen LogP contribution in [0.2, 0.25) is 0 Å². The monoisotopic (exact) mass is 564 g/mol. The maximum Gasteiger partial charge on any atom is 0.278 e. The summed E-state index contributed by atoms with van der Waals surface area (Å²) in [6, 6.07) is 19.8. The van der Waals surface area contributed by atoms with Gasteiger partial charge in [0.1, 0.15) is 28.4 Å². The molecule has 0 radical (unpaired) electrons. The Morgan fingerprint density at radius 1 is 1.02 bits per heavy atom. The maximum absolute atomic E-state index is 13.5. The molecule has 3 heterocycles. The summed E-state index contributed by atoms with van der Waals surface area (Å²) >= 11 is 0. The van der Waals surface area contributed by atoms with E-state index in [2.05, 4.69) is 10.3 Å². The lowest BCUT2D eigenvalue weighted by atomic mass is 10.0. The highest BCUT2D eigenvalue weighted by Gasteiger charge is 2.29. The molecule has 3 aromatic carbocycles. The van der Waals surface area contributed by atoms with Crippen molar-refractivity contribution in [2.45, 2.75) is 32.3 Å². The first kappa shape index (κ1) is 27.3. The van der Waals surface area contributed by atoms with Crippen molar-refractivity contribution < 1.29 is 24.2 Å². The van der Waals surface area contributed by atoms with Crippen LogP contribution in [0.15, 0.2) is 79.1 Å². The van der Waals surface area contributed by atoms with Crippen molar-refractivity contribution in [3.05, 3.63) is 95.9 Å². The molecule has 5 aromatic rings. The van der Waals surface area contributed by atoms with E-state index in [0.717, 1.165) is 22.8 Å². The Labute approximate surface area is 243 Å². The minimum Gasteiger partial charge on any atom is -0.507 e. The number of aromatic nitrogens is 2. The number of fused-ring (bicyclic) bond motifs is 4. The van der Waals surface area contributed by atoms with Gasteiger partial charge in [-0.15, -0.1) is 0 Å². The molecule has 0 bridgehead atoms. The van der Waals surface area contributed by atoms with Gasteiger partial charge in [-0.1, -0.05) is 24.3 Å². The summed E-state index contributed by atoms with van der Waals surface area (Å²) in [6.45, 7) is 5.09. The molecule has 0 unspecified atom stereocenters. The summed E-state index contributed by atoms with van der Waals surface area (Å²) in [5.41, 5.74) is 3.26. The fourth-order valence-electron chi connectivity index (χ4n) is 5.36. The molecular weight excluding hydrogens is 532 g/mol. The summed E-state index contributed by atoms with van der Waals surface area (Å²) in [7, 11) is 1.66. The Morgan fingerprint density at radius 3 is 2.55 bits per heavy atom. The minimum absolute atomic E-state index is 0.146. The van der Waals surface area contributed by atoms with Gasteiger partial charge in [-0.3, -0.25) is 9.59 Å². The number of aromatic hydroxyl groups is 1. The van der Waals surface area contributed by atoms with Gasteiger partial charge < -0.3 is 29.2 Å². The number of phenolic OH excluding ortho intramolecular Hbond substituents is 1. The number of rotatable bonds is 8. The lowest BCUT2D eigenvalue weighted by Crippen LogP contribution is -2.29. The third-order valence-corrected chi connectivity index (χ3v) is 7.58.